The Morgan fingerprint density at radius 3 is 2.60 bits per heavy atom. The van der Waals surface area contributed by atoms with Crippen molar-refractivity contribution in [2.24, 2.45) is 5.41 Å². The van der Waals surface area contributed by atoms with Crippen LogP contribution in [0.3, 0.4) is 0 Å². The van der Waals surface area contributed by atoms with E-state index in [4.69, 9.17) is 0 Å². The molecule has 1 nitrogen and oxygen atoms in total. The summed E-state index contributed by atoms with van der Waals surface area (Å²) in [7, 11) is 0. The summed E-state index contributed by atoms with van der Waals surface area (Å²) in [5.74, 6) is 2.02. The van der Waals surface area contributed by atoms with Crippen molar-refractivity contribution in [3.63, 3.8) is 0 Å². The van der Waals surface area contributed by atoms with Crippen molar-refractivity contribution >= 4 is 33.4 Å². The number of hydrogen-bond acceptors (Lipinski definition) is 2. The fourth-order valence-electron chi connectivity index (χ4n) is 2.43. The minimum atomic E-state index is -4.32. The number of alkyl halides is 3. The van der Waals surface area contributed by atoms with Crippen LogP contribution in [-0.4, -0.2) is 17.5 Å². The smallest absolute Gasteiger partial charge is 0.381 e. The van der Waals surface area contributed by atoms with Gasteiger partial charge in [-0.15, -0.1) is 0 Å². The molecule has 0 aromatic heterocycles. The van der Waals surface area contributed by atoms with Crippen LogP contribution >= 0.6 is 27.7 Å². The third-order valence-corrected chi connectivity index (χ3v) is 5.29. The van der Waals surface area contributed by atoms with Crippen LogP contribution < -0.4 is 5.32 Å². The van der Waals surface area contributed by atoms with E-state index in [1.54, 1.807) is 6.07 Å². The van der Waals surface area contributed by atoms with Crippen molar-refractivity contribution in [2.75, 3.05) is 16.8 Å². The lowest BCUT2D eigenvalue weighted by atomic mass is 9.88. The second kappa shape index (κ2) is 5.79. The first kappa shape index (κ1) is 16.0. The summed E-state index contributed by atoms with van der Waals surface area (Å²) in [5.41, 5.74) is 0.117. The highest BCUT2D eigenvalue weighted by molar-refractivity contribution is 9.10. The SMILES string of the molecule is CC1(C)CSCC(Nc2cc(Br)cc(C(F)(F)F)c2)C1. The molecule has 1 fully saturated rings. The highest BCUT2D eigenvalue weighted by Crippen LogP contribution is 2.37. The molecule has 1 N–H and O–H groups in total. The van der Waals surface area contributed by atoms with E-state index < -0.39 is 11.7 Å². The van der Waals surface area contributed by atoms with Crippen LogP contribution in [0, 0.1) is 5.41 Å². The van der Waals surface area contributed by atoms with Gasteiger partial charge in [0.15, 0.2) is 0 Å². The monoisotopic (exact) mass is 367 g/mol. The number of thioether (sulfide) groups is 1. The van der Waals surface area contributed by atoms with Crippen molar-refractivity contribution in [1.82, 2.24) is 0 Å². The van der Waals surface area contributed by atoms with Crippen molar-refractivity contribution < 1.29 is 13.2 Å². The molecule has 1 aliphatic heterocycles. The Hall–Kier alpha value is -0.360. The molecule has 0 saturated carbocycles. The molecule has 1 unspecified atom stereocenters. The summed E-state index contributed by atoms with van der Waals surface area (Å²) in [6, 6.07) is 4.18. The molecule has 0 amide bonds. The molecular weight excluding hydrogens is 351 g/mol. The lowest BCUT2D eigenvalue weighted by Crippen LogP contribution is -2.35. The van der Waals surface area contributed by atoms with E-state index in [2.05, 4.69) is 35.1 Å². The van der Waals surface area contributed by atoms with E-state index in [0.717, 1.165) is 24.0 Å². The Bertz CT molecular complexity index is 488. The second-order valence-electron chi connectivity index (χ2n) is 5.95. The molecule has 0 spiro atoms. The molecule has 0 aliphatic carbocycles. The largest absolute Gasteiger partial charge is 0.416 e. The highest BCUT2D eigenvalue weighted by atomic mass is 79.9. The molecule has 1 saturated heterocycles. The van der Waals surface area contributed by atoms with Crippen LogP contribution in [0.15, 0.2) is 22.7 Å². The Morgan fingerprint density at radius 2 is 2.00 bits per heavy atom. The van der Waals surface area contributed by atoms with Gasteiger partial charge in [0.05, 0.1) is 5.56 Å². The predicted octanol–water partition coefficient (Wildman–Crippen LogP) is 5.41. The summed E-state index contributed by atoms with van der Waals surface area (Å²) in [6.07, 6.45) is -3.35. The van der Waals surface area contributed by atoms with E-state index >= 15 is 0 Å². The standard InChI is InChI=1S/C14H17BrF3NS/c1-13(2)6-12(7-20-8-13)19-11-4-9(14(16,17)18)3-10(15)5-11/h3-5,12,19H,6-8H2,1-2H3. The Balaban J connectivity index is 2.15. The van der Waals surface area contributed by atoms with Crippen LogP contribution in [0.4, 0.5) is 18.9 Å². The zero-order chi connectivity index (χ0) is 15.0. The topological polar surface area (TPSA) is 12.0 Å². The lowest BCUT2D eigenvalue weighted by molar-refractivity contribution is -0.137. The molecule has 20 heavy (non-hydrogen) atoms. The molecule has 0 bridgehead atoms. The van der Waals surface area contributed by atoms with E-state index in [1.165, 1.54) is 6.07 Å². The average molecular weight is 368 g/mol. The molecule has 2 rings (SSSR count). The average Bonchev–Trinajstić information content (AvgIpc) is 2.25. The van der Waals surface area contributed by atoms with Crippen molar-refractivity contribution in [2.45, 2.75) is 32.5 Å². The molecule has 1 atom stereocenters. The van der Waals surface area contributed by atoms with E-state index in [1.807, 2.05) is 11.8 Å². The number of benzene rings is 1. The summed E-state index contributed by atoms with van der Waals surface area (Å²) in [4.78, 5) is 0. The Labute approximate surface area is 129 Å². The van der Waals surface area contributed by atoms with Gasteiger partial charge in [0, 0.05) is 22.0 Å². The molecule has 1 aromatic carbocycles. The first-order valence-electron chi connectivity index (χ1n) is 6.38. The maximum absolute atomic E-state index is 12.8. The maximum atomic E-state index is 12.8. The fourth-order valence-corrected chi connectivity index (χ4v) is 4.19. The van der Waals surface area contributed by atoms with Crippen molar-refractivity contribution in [3.05, 3.63) is 28.2 Å². The third-order valence-electron chi connectivity index (χ3n) is 3.21. The number of halogens is 4. The summed E-state index contributed by atoms with van der Waals surface area (Å²) < 4.78 is 38.8. The van der Waals surface area contributed by atoms with Gasteiger partial charge in [-0.1, -0.05) is 29.8 Å². The molecule has 6 heteroatoms. The Kier molecular flexibility index (Phi) is 4.64. The van der Waals surface area contributed by atoms with Gasteiger partial charge in [0.2, 0.25) is 0 Å². The number of rotatable bonds is 2. The van der Waals surface area contributed by atoms with Crippen LogP contribution in [0.5, 0.6) is 0 Å². The first-order chi connectivity index (χ1) is 9.16. The minimum Gasteiger partial charge on any atom is -0.381 e. The van der Waals surface area contributed by atoms with Crippen molar-refractivity contribution in [3.8, 4) is 0 Å². The van der Waals surface area contributed by atoms with Gasteiger partial charge in [-0.3, -0.25) is 0 Å². The first-order valence-corrected chi connectivity index (χ1v) is 8.33. The number of anilines is 1. The summed E-state index contributed by atoms with van der Waals surface area (Å²) >= 11 is 4.99. The highest BCUT2D eigenvalue weighted by Gasteiger charge is 2.32. The number of nitrogens with one attached hydrogen (secondary N) is 1. The van der Waals surface area contributed by atoms with Gasteiger partial charge >= 0.3 is 6.18 Å². The molecule has 112 valence electrons. The Morgan fingerprint density at radius 1 is 1.30 bits per heavy atom. The number of hydrogen-bond donors (Lipinski definition) is 1. The van der Waals surface area contributed by atoms with Gasteiger partial charge in [-0.05, 0) is 35.8 Å². The van der Waals surface area contributed by atoms with Crippen LogP contribution in [-0.2, 0) is 6.18 Å². The zero-order valence-electron chi connectivity index (χ0n) is 11.4. The second-order valence-corrected chi connectivity index (χ2v) is 7.90. The van der Waals surface area contributed by atoms with Crippen molar-refractivity contribution in [1.29, 1.82) is 0 Å². The van der Waals surface area contributed by atoms with Crippen LogP contribution in [0.25, 0.3) is 0 Å². The molecule has 1 aliphatic rings. The molecule has 0 radical (unpaired) electrons. The van der Waals surface area contributed by atoms with Gasteiger partial charge < -0.3 is 5.32 Å². The summed E-state index contributed by atoms with van der Waals surface area (Å²) in [5, 5.41) is 3.24. The van der Waals surface area contributed by atoms with Gasteiger partial charge in [-0.25, -0.2) is 0 Å². The van der Waals surface area contributed by atoms with E-state index in [-0.39, 0.29) is 11.5 Å². The van der Waals surface area contributed by atoms with Gasteiger partial charge in [-0.2, -0.15) is 24.9 Å². The van der Waals surface area contributed by atoms with Gasteiger partial charge in [0.1, 0.15) is 0 Å². The third kappa shape index (κ3) is 4.32. The zero-order valence-corrected chi connectivity index (χ0v) is 13.8. The van der Waals surface area contributed by atoms with E-state index in [0.29, 0.717) is 10.2 Å². The predicted molar refractivity (Wildman–Crippen MR) is 82.3 cm³/mol. The van der Waals surface area contributed by atoms with Crippen LogP contribution in [0.1, 0.15) is 25.8 Å². The van der Waals surface area contributed by atoms with Gasteiger partial charge in [0.25, 0.3) is 0 Å². The fraction of sp³-hybridized carbons (Fsp3) is 0.571. The molecule has 1 heterocycles. The lowest BCUT2D eigenvalue weighted by Gasteiger charge is -2.35. The van der Waals surface area contributed by atoms with E-state index in [9.17, 15) is 13.2 Å². The summed E-state index contributed by atoms with van der Waals surface area (Å²) in [6.45, 7) is 4.38. The molecular formula is C14H17BrF3NS. The maximum Gasteiger partial charge on any atom is 0.416 e. The quantitative estimate of drug-likeness (QED) is 0.749. The molecule has 1 aromatic rings. The minimum absolute atomic E-state index is 0.208. The van der Waals surface area contributed by atoms with Crippen LogP contribution in [0.2, 0.25) is 0 Å². The normalized spacial score (nSPS) is 22.6.